The van der Waals surface area contributed by atoms with E-state index >= 15 is 0 Å². The number of halogens is 1. The molecule has 0 aliphatic rings. The van der Waals surface area contributed by atoms with Gasteiger partial charge in [0, 0.05) is 11.4 Å². The molecule has 0 heterocycles. The van der Waals surface area contributed by atoms with Crippen LogP contribution in [0.5, 0.6) is 5.75 Å². The molecule has 0 spiro atoms. The third kappa shape index (κ3) is 7.57. The van der Waals surface area contributed by atoms with E-state index < -0.39 is 18.4 Å². The Bertz CT molecular complexity index is 712. The van der Waals surface area contributed by atoms with Crippen LogP contribution in [0.1, 0.15) is 6.42 Å². The average molecular weight is 377 g/mol. The maximum Gasteiger partial charge on any atom is 0.344 e. The molecule has 7 heteroatoms. The zero-order valence-corrected chi connectivity index (χ0v) is 15.0. The van der Waals surface area contributed by atoms with Gasteiger partial charge in [-0.25, -0.2) is 9.18 Å². The molecule has 1 amide bonds. The molecule has 1 N–H and O–H groups in total. The van der Waals surface area contributed by atoms with Crippen LogP contribution in [-0.4, -0.2) is 37.4 Å². The molecule has 138 valence electrons. The van der Waals surface area contributed by atoms with Crippen molar-refractivity contribution in [1.29, 1.82) is 0 Å². The molecule has 26 heavy (non-hydrogen) atoms. The fourth-order valence-electron chi connectivity index (χ4n) is 1.94. The van der Waals surface area contributed by atoms with Crippen molar-refractivity contribution in [3.05, 3.63) is 60.4 Å². The quantitative estimate of drug-likeness (QED) is 0.392. The number of nitrogens with one attached hydrogen (secondary N) is 1. The number of thioether (sulfide) groups is 1. The Morgan fingerprint density at radius 1 is 1.00 bits per heavy atom. The number of esters is 1. The van der Waals surface area contributed by atoms with E-state index in [1.165, 1.54) is 23.1 Å². The number of carbonyl (C=O) groups excluding carboxylic acids is 2. The molecular formula is C19H20FNO4S. The molecule has 0 atom stereocenters. The summed E-state index contributed by atoms with van der Waals surface area (Å²) in [7, 11) is 0. The van der Waals surface area contributed by atoms with Crippen LogP contribution in [0.2, 0.25) is 0 Å². The van der Waals surface area contributed by atoms with Gasteiger partial charge in [0.1, 0.15) is 0 Å². The zero-order valence-electron chi connectivity index (χ0n) is 14.2. The lowest BCUT2D eigenvalue weighted by Gasteiger charge is -2.08. The number of carbonyl (C=O) groups is 2. The Balaban J connectivity index is 1.52. The Hall–Kier alpha value is -2.54. The second kappa shape index (κ2) is 11.1. The molecule has 5 nitrogen and oxygen atoms in total. The number of para-hydroxylation sites is 1. The van der Waals surface area contributed by atoms with Gasteiger partial charge in [-0.3, -0.25) is 4.79 Å². The van der Waals surface area contributed by atoms with Crippen LogP contribution in [0.25, 0.3) is 0 Å². The van der Waals surface area contributed by atoms with Crippen LogP contribution in [0.15, 0.2) is 59.5 Å². The van der Waals surface area contributed by atoms with Gasteiger partial charge in [-0.2, -0.15) is 0 Å². The summed E-state index contributed by atoms with van der Waals surface area (Å²) in [5.41, 5.74) is 0. The zero-order chi connectivity index (χ0) is 18.6. The van der Waals surface area contributed by atoms with Gasteiger partial charge in [0.15, 0.2) is 24.8 Å². The largest absolute Gasteiger partial charge is 0.479 e. The van der Waals surface area contributed by atoms with Crippen molar-refractivity contribution in [2.75, 3.05) is 25.5 Å². The second-order valence-electron chi connectivity index (χ2n) is 5.24. The van der Waals surface area contributed by atoms with Crippen LogP contribution in [0, 0.1) is 5.82 Å². The average Bonchev–Trinajstić information content (AvgIpc) is 2.66. The van der Waals surface area contributed by atoms with Crippen molar-refractivity contribution in [3.63, 3.8) is 0 Å². The minimum Gasteiger partial charge on any atom is -0.479 e. The Labute approximate surface area is 155 Å². The molecule has 2 aromatic rings. The number of rotatable bonds is 10. The smallest absolute Gasteiger partial charge is 0.344 e. The summed E-state index contributed by atoms with van der Waals surface area (Å²) in [5, 5.41) is 2.68. The van der Waals surface area contributed by atoms with Crippen LogP contribution in [-0.2, 0) is 14.3 Å². The predicted molar refractivity (Wildman–Crippen MR) is 97.6 cm³/mol. The minimum atomic E-state index is -0.733. The van der Waals surface area contributed by atoms with Crippen molar-refractivity contribution in [3.8, 4) is 5.75 Å². The predicted octanol–water partition coefficient (Wildman–Crippen LogP) is 3.05. The van der Waals surface area contributed by atoms with Crippen LogP contribution >= 0.6 is 11.8 Å². The molecule has 2 rings (SSSR count). The Morgan fingerprint density at radius 3 is 2.50 bits per heavy atom. The van der Waals surface area contributed by atoms with Crippen molar-refractivity contribution < 1.29 is 23.5 Å². The van der Waals surface area contributed by atoms with E-state index in [2.05, 4.69) is 5.32 Å². The van der Waals surface area contributed by atoms with Gasteiger partial charge < -0.3 is 14.8 Å². The van der Waals surface area contributed by atoms with Gasteiger partial charge in [0.2, 0.25) is 0 Å². The summed E-state index contributed by atoms with van der Waals surface area (Å²) >= 11 is 1.71. The molecule has 0 unspecified atom stereocenters. The van der Waals surface area contributed by atoms with E-state index in [-0.39, 0.29) is 18.3 Å². The SMILES string of the molecule is O=C(COC(=O)COc1ccccc1F)NCCCSc1ccccc1. The highest BCUT2D eigenvalue weighted by atomic mass is 32.2. The van der Waals surface area contributed by atoms with Crippen molar-refractivity contribution >= 4 is 23.6 Å². The second-order valence-corrected chi connectivity index (χ2v) is 6.41. The summed E-state index contributed by atoms with van der Waals surface area (Å²) in [6, 6.07) is 15.7. The van der Waals surface area contributed by atoms with E-state index in [0.717, 1.165) is 12.2 Å². The Kier molecular flexibility index (Phi) is 8.48. The van der Waals surface area contributed by atoms with E-state index in [1.54, 1.807) is 17.8 Å². The van der Waals surface area contributed by atoms with E-state index in [9.17, 15) is 14.0 Å². The third-order valence-electron chi connectivity index (χ3n) is 3.20. The number of hydrogen-bond donors (Lipinski definition) is 1. The highest BCUT2D eigenvalue weighted by molar-refractivity contribution is 7.99. The van der Waals surface area contributed by atoms with Crippen molar-refractivity contribution in [2.24, 2.45) is 0 Å². The lowest BCUT2D eigenvalue weighted by atomic mass is 10.3. The minimum absolute atomic E-state index is 0.0372. The maximum atomic E-state index is 13.3. The molecule has 0 radical (unpaired) electrons. The van der Waals surface area contributed by atoms with Gasteiger partial charge in [0.05, 0.1) is 0 Å². The highest BCUT2D eigenvalue weighted by Crippen LogP contribution is 2.17. The van der Waals surface area contributed by atoms with Crippen molar-refractivity contribution in [2.45, 2.75) is 11.3 Å². The fourth-order valence-corrected chi connectivity index (χ4v) is 2.82. The molecule has 0 saturated heterocycles. The Morgan fingerprint density at radius 2 is 1.73 bits per heavy atom. The normalized spacial score (nSPS) is 10.2. The number of amides is 1. The first-order valence-electron chi connectivity index (χ1n) is 8.12. The fraction of sp³-hybridized carbons (Fsp3) is 0.263. The number of benzene rings is 2. The van der Waals surface area contributed by atoms with Crippen LogP contribution < -0.4 is 10.1 Å². The lowest BCUT2D eigenvalue weighted by Crippen LogP contribution is -2.30. The third-order valence-corrected chi connectivity index (χ3v) is 4.30. The van der Waals surface area contributed by atoms with E-state index in [4.69, 9.17) is 9.47 Å². The molecule has 0 bridgehead atoms. The first-order valence-corrected chi connectivity index (χ1v) is 9.11. The van der Waals surface area contributed by atoms with Gasteiger partial charge in [-0.15, -0.1) is 11.8 Å². The van der Waals surface area contributed by atoms with Gasteiger partial charge in [-0.05, 0) is 36.4 Å². The number of ether oxygens (including phenoxy) is 2. The lowest BCUT2D eigenvalue weighted by molar-refractivity contribution is -0.150. The van der Waals surface area contributed by atoms with E-state index in [1.807, 2.05) is 30.3 Å². The summed E-state index contributed by atoms with van der Waals surface area (Å²) < 4.78 is 23.1. The van der Waals surface area contributed by atoms with E-state index in [0.29, 0.717) is 6.54 Å². The molecule has 0 aliphatic carbocycles. The first-order chi connectivity index (χ1) is 12.6. The number of hydrogen-bond acceptors (Lipinski definition) is 5. The van der Waals surface area contributed by atoms with Crippen LogP contribution in [0.4, 0.5) is 4.39 Å². The molecule has 0 aromatic heterocycles. The monoisotopic (exact) mass is 377 g/mol. The molecule has 0 aliphatic heterocycles. The molecule has 0 fully saturated rings. The maximum absolute atomic E-state index is 13.3. The molecule has 2 aromatic carbocycles. The van der Waals surface area contributed by atoms with Crippen LogP contribution in [0.3, 0.4) is 0 Å². The highest BCUT2D eigenvalue weighted by Gasteiger charge is 2.09. The topological polar surface area (TPSA) is 64.6 Å². The summed E-state index contributed by atoms with van der Waals surface area (Å²) in [6.07, 6.45) is 0.801. The molecule has 0 saturated carbocycles. The first kappa shape index (κ1) is 19.8. The van der Waals surface area contributed by atoms with Gasteiger partial charge in [0.25, 0.3) is 5.91 Å². The molecular weight excluding hydrogens is 357 g/mol. The van der Waals surface area contributed by atoms with Crippen molar-refractivity contribution in [1.82, 2.24) is 5.32 Å². The van der Waals surface area contributed by atoms with Gasteiger partial charge >= 0.3 is 5.97 Å². The summed E-state index contributed by atoms with van der Waals surface area (Å²) in [4.78, 5) is 24.3. The summed E-state index contributed by atoms with van der Waals surface area (Å²) in [6.45, 7) is -0.338. The van der Waals surface area contributed by atoms with Gasteiger partial charge in [-0.1, -0.05) is 30.3 Å². The standard InChI is InChI=1S/C19H20FNO4S/c20-16-9-4-5-10-17(16)24-14-19(23)25-13-18(22)21-11-6-12-26-15-7-2-1-3-8-15/h1-5,7-10H,6,11-14H2,(H,21,22). The summed E-state index contributed by atoms with van der Waals surface area (Å²) in [5.74, 6) is -0.839.